The quantitative estimate of drug-likeness (QED) is 0.523. The molecule has 0 saturated heterocycles. The second-order valence-corrected chi connectivity index (χ2v) is 10.3. The van der Waals surface area contributed by atoms with Gasteiger partial charge in [0.15, 0.2) is 0 Å². The largest absolute Gasteiger partial charge is 0.497 e. The highest BCUT2D eigenvalue weighted by Gasteiger charge is 2.30. The Hall–Kier alpha value is -3.07. The third kappa shape index (κ3) is 7.21. The van der Waals surface area contributed by atoms with E-state index >= 15 is 0 Å². The van der Waals surface area contributed by atoms with E-state index in [1.165, 1.54) is 4.90 Å². The highest BCUT2D eigenvalue weighted by atomic mass is 32.2. The second-order valence-electron chi connectivity index (χ2n) is 8.42. The van der Waals surface area contributed by atoms with Gasteiger partial charge in [0.05, 0.1) is 19.1 Å². The first kappa shape index (κ1) is 27.2. The molecule has 2 aromatic carbocycles. The Morgan fingerprint density at radius 3 is 2.35 bits per heavy atom. The Morgan fingerprint density at radius 1 is 1.09 bits per heavy atom. The van der Waals surface area contributed by atoms with E-state index in [0.29, 0.717) is 11.4 Å². The number of nitrogens with one attached hydrogen (secondary N) is 1. The van der Waals surface area contributed by atoms with Gasteiger partial charge in [-0.05, 0) is 56.5 Å². The van der Waals surface area contributed by atoms with Crippen molar-refractivity contribution in [1.82, 2.24) is 10.2 Å². The fourth-order valence-corrected chi connectivity index (χ4v) is 4.36. The number of methoxy groups -OCH3 is 1. The van der Waals surface area contributed by atoms with E-state index in [9.17, 15) is 18.0 Å². The van der Waals surface area contributed by atoms with Gasteiger partial charge in [-0.2, -0.15) is 0 Å². The molecule has 0 aliphatic rings. The zero-order chi connectivity index (χ0) is 25.5. The first-order chi connectivity index (χ1) is 16.0. The smallest absolute Gasteiger partial charge is 0.244 e. The van der Waals surface area contributed by atoms with Crippen molar-refractivity contribution in [3.05, 3.63) is 59.7 Å². The summed E-state index contributed by atoms with van der Waals surface area (Å²) < 4.78 is 31.6. The van der Waals surface area contributed by atoms with Gasteiger partial charge in [0, 0.05) is 12.6 Å². The van der Waals surface area contributed by atoms with Gasteiger partial charge < -0.3 is 15.0 Å². The predicted octanol–water partition coefficient (Wildman–Crippen LogP) is 3.10. The first-order valence-electron chi connectivity index (χ1n) is 11.2. The summed E-state index contributed by atoms with van der Waals surface area (Å²) >= 11 is 0. The van der Waals surface area contributed by atoms with Gasteiger partial charge in [-0.15, -0.1) is 0 Å². The number of rotatable bonds is 11. The van der Waals surface area contributed by atoms with E-state index in [1.54, 1.807) is 63.4 Å². The summed E-state index contributed by atoms with van der Waals surface area (Å²) in [4.78, 5) is 27.9. The molecule has 0 unspecified atom stereocenters. The first-order valence-corrected chi connectivity index (χ1v) is 13.1. The van der Waals surface area contributed by atoms with Gasteiger partial charge in [-0.1, -0.05) is 37.3 Å². The van der Waals surface area contributed by atoms with Crippen LogP contribution in [0.3, 0.4) is 0 Å². The number of hydrogen-bond acceptors (Lipinski definition) is 5. The molecule has 0 radical (unpaired) electrons. The molecule has 2 aromatic rings. The van der Waals surface area contributed by atoms with Gasteiger partial charge in [0.1, 0.15) is 18.3 Å². The van der Waals surface area contributed by atoms with E-state index < -0.39 is 28.5 Å². The van der Waals surface area contributed by atoms with E-state index in [1.807, 2.05) is 19.9 Å². The van der Waals surface area contributed by atoms with Gasteiger partial charge in [-0.25, -0.2) is 8.42 Å². The van der Waals surface area contributed by atoms with Crippen molar-refractivity contribution in [2.75, 3.05) is 24.2 Å². The average Bonchev–Trinajstić information content (AvgIpc) is 2.80. The molecule has 0 heterocycles. The lowest BCUT2D eigenvalue weighted by Gasteiger charge is -2.32. The lowest BCUT2D eigenvalue weighted by molar-refractivity contribution is -0.139. The molecule has 186 valence electrons. The number of carbonyl (C=O) groups is 2. The molecule has 0 aliphatic carbocycles. The summed E-state index contributed by atoms with van der Waals surface area (Å²) in [5, 5.41) is 2.91. The Kier molecular flexibility index (Phi) is 9.49. The minimum atomic E-state index is -3.76. The van der Waals surface area contributed by atoms with Crippen molar-refractivity contribution in [3.63, 3.8) is 0 Å². The molecular formula is C25H35N3O5S. The number of carbonyl (C=O) groups excluding carboxylic acids is 2. The molecule has 0 bridgehead atoms. The molecule has 8 nitrogen and oxygen atoms in total. The van der Waals surface area contributed by atoms with Crippen LogP contribution in [0.15, 0.2) is 48.5 Å². The highest BCUT2D eigenvalue weighted by Crippen LogP contribution is 2.23. The molecule has 0 aromatic heterocycles. The van der Waals surface area contributed by atoms with Crippen LogP contribution in [-0.2, 0) is 26.2 Å². The van der Waals surface area contributed by atoms with Crippen LogP contribution in [0.1, 0.15) is 38.3 Å². The molecule has 0 spiro atoms. The zero-order valence-electron chi connectivity index (χ0n) is 20.7. The average molecular weight is 490 g/mol. The SMILES string of the molecule is CC[C@@H](C)NC(=O)[C@@H](C)N(Cc1cccc(OC)c1)C(=O)CN(c1ccccc1C)S(C)(=O)=O. The summed E-state index contributed by atoms with van der Waals surface area (Å²) in [7, 11) is -2.20. The molecule has 9 heteroatoms. The topological polar surface area (TPSA) is 96.0 Å². The number of sulfonamides is 1. The fraction of sp³-hybridized carbons (Fsp3) is 0.440. The van der Waals surface area contributed by atoms with Crippen molar-refractivity contribution in [3.8, 4) is 5.75 Å². The highest BCUT2D eigenvalue weighted by molar-refractivity contribution is 7.92. The molecule has 1 N–H and O–H groups in total. The van der Waals surface area contributed by atoms with Gasteiger partial charge in [-0.3, -0.25) is 13.9 Å². The molecule has 2 rings (SSSR count). The number of amides is 2. The molecule has 34 heavy (non-hydrogen) atoms. The van der Waals surface area contributed by atoms with Gasteiger partial charge >= 0.3 is 0 Å². The Balaban J connectivity index is 2.41. The Bertz CT molecular complexity index is 1100. The second kappa shape index (κ2) is 11.9. The number of nitrogens with zero attached hydrogens (tertiary/aromatic N) is 2. The number of hydrogen-bond donors (Lipinski definition) is 1. The standard InChI is InChI=1S/C25H35N3O5S/c1-7-19(3)26-25(30)20(4)27(16-21-12-10-13-22(15-21)33-5)24(29)17-28(34(6,31)32)23-14-9-8-11-18(23)2/h8-15,19-20H,7,16-17H2,1-6H3,(H,26,30)/t19-,20-/m1/s1. The predicted molar refractivity (Wildman–Crippen MR) is 134 cm³/mol. The number of para-hydroxylation sites is 1. The van der Waals surface area contributed by atoms with Crippen molar-refractivity contribution in [1.29, 1.82) is 0 Å². The van der Waals surface area contributed by atoms with E-state index in [-0.39, 0.29) is 18.5 Å². The lowest BCUT2D eigenvalue weighted by atomic mass is 10.1. The van der Waals surface area contributed by atoms with Crippen molar-refractivity contribution < 1.29 is 22.7 Å². The summed E-state index contributed by atoms with van der Waals surface area (Å²) in [5.74, 6) is -0.157. The number of aryl methyl sites for hydroxylation is 1. The summed E-state index contributed by atoms with van der Waals surface area (Å²) in [6, 6.07) is 13.3. The van der Waals surface area contributed by atoms with Crippen LogP contribution in [0.4, 0.5) is 5.69 Å². The van der Waals surface area contributed by atoms with Crippen LogP contribution in [0.2, 0.25) is 0 Å². The van der Waals surface area contributed by atoms with Crippen LogP contribution in [0, 0.1) is 6.92 Å². The minimum absolute atomic E-state index is 0.0526. The van der Waals surface area contributed by atoms with Crippen molar-refractivity contribution in [2.45, 2.75) is 52.7 Å². The monoisotopic (exact) mass is 489 g/mol. The normalized spacial score (nSPS) is 13.0. The van der Waals surface area contributed by atoms with E-state index in [4.69, 9.17) is 4.74 Å². The third-order valence-corrected chi connectivity index (χ3v) is 6.85. The van der Waals surface area contributed by atoms with Crippen molar-refractivity contribution in [2.24, 2.45) is 0 Å². The van der Waals surface area contributed by atoms with Crippen LogP contribution in [0.25, 0.3) is 0 Å². The zero-order valence-corrected chi connectivity index (χ0v) is 21.6. The maximum Gasteiger partial charge on any atom is 0.244 e. The van der Waals surface area contributed by atoms with E-state index in [2.05, 4.69) is 5.32 Å². The maximum atomic E-state index is 13.6. The van der Waals surface area contributed by atoms with E-state index in [0.717, 1.165) is 28.1 Å². The lowest BCUT2D eigenvalue weighted by Crippen LogP contribution is -2.52. The van der Waals surface area contributed by atoms with Gasteiger partial charge in [0.25, 0.3) is 0 Å². The van der Waals surface area contributed by atoms with Crippen molar-refractivity contribution >= 4 is 27.5 Å². The molecule has 0 fully saturated rings. The Labute approximate surface area is 202 Å². The summed E-state index contributed by atoms with van der Waals surface area (Å²) in [5.41, 5.74) is 1.91. The molecule has 2 atom stereocenters. The summed E-state index contributed by atoms with van der Waals surface area (Å²) in [6.45, 7) is 6.98. The molecular weight excluding hydrogens is 454 g/mol. The molecule has 0 aliphatic heterocycles. The minimum Gasteiger partial charge on any atom is -0.497 e. The van der Waals surface area contributed by atoms with Crippen LogP contribution in [-0.4, -0.2) is 57.1 Å². The number of anilines is 1. The molecule has 2 amide bonds. The number of benzene rings is 2. The fourth-order valence-electron chi connectivity index (χ4n) is 3.45. The summed E-state index contributed by atoms with van der Waals surface area (Å²) in [6.07, 6.45) is 1.82. The Morgan fingerprint density at radius 2 is 1.76 bits per heavy atom. The third-order valence-electron chi connectivity index (χ3n) is 5.72. The van der Waals surface area contributed by atoms with Crippen LogP contribution >= 0.6 is 0 Å². The number of ether oxygens (including phenoxy) is 1. The van der Waals surface area contributed by atoms with Gasteiger partial charge in [0.2, 0.25) is 21.8 Å². The van der Waals surface area contributed by atoms with Crippen LogP contribution in [0.5, 0.6) is 5.75 Å². The maximum absolute atomic E-state index is 13.6. The molecule has 0 saturated carbocycles. The van der Waals surface area contributed by atoms with Crippen LogP contribution < -0.4 is 14.4 Å².